The molecule has 0 aromatic heterocycles. The summed E-state index contributed by atoms with van der Waals surface area (Å²) < 4.78 is 12.4. The molecule has 4 heteroatoms. The van der Waals surface area contributed by atoms with Crippen LogP contribution in [-0.4, -0.2) is 11.5 Å². The zero-order chi connectivity index (χ0) is 9.15. The van der Waals surface area contributed by atoms with Gasteiger partial charge in [-0.25, -0.2) is 0 Å². The van der Waals surface area contributed by atoms with Crippen LogP contribution >= 0.6 is 28.3 Å². The first kappa shape index (κ1) is 9.70. The Morgan fingerprint density at radius 1 is 1.08 bits per heavy atom. The van der Waals surface area contributed by atoms with E-state index in [4.69, 9.17) is 0 Å². The highest BCUT2D eigenvalue weighted by molar-refractivity contribution is 8.92. The minimum Gasteiger partial charge on any atom is -0.295 e. The van der Waals surface area contributed by atoms with Gasteiger partial charge in [0.05, 0.1) is 0 Å². The van der Waals surface area contributed by atoms with Gasteiger partial charge in [0, 0.05) is 16.8 Å². The Balaban J connectivity index is 2.29. The van der Waals surface area contributed by atoms with Crippen molar-refractivity contribution in [2.24, 2.45) is 0 Å². The summed E-state index contributed by atoms with van der Waals surface area (Å²) in [6, 6.07) is 9.85. The minimum atomic E-state index is -2.13. The molecule has 1 nitrogen and oxygen atoms in total. The van der Waals surface area contributed by atoms with E-state index in [9.17, 15) is 4.57 Å². The molecule has 1 saturated heterocycles. The number of hydrogen-bond donors (Lipinski definition) is 0. The van der Waals surface area contributed by atoms with Gasteiger partial charge in [0.2, 0.25) is 5.55 Å². The molecule has 1 aromatic carbocycles. The Bertz CT molecular complexity index is 316. The van der Waals surface area contributed by atoms with Gasteiger partial charge in [-0.05, 0) is 18.6 Å². The fraction of sp³-hybridized carbons (Fsp3) is 0.333. The average molecular weight is 230 g/mol. The van der Waals surface area contributed by atoms with Crippen molar-refractivity contribution in [1.82, 2.24) is 0 Å². The second kappa shape index (κ2) is 4.12. The van der Waals surface area contributed by atoms with Crippen LogP contribution in [0.2, 0.25) is 0 Å². The van der Waals surface area contributed by atoms with E-state index in [1.54, 1.807) is 22.8 Å². The van der Waals surface area contributed by atoms with Crippen molar-refractivity contribution in [3.8, 4) is 0 Å². The number of benzene rings is 1. The highest BCUT2D eigenvalue weighted by Crippen LogP contribution is 2.70. The average Bonchev–Trinajstić information content (AvgIpc) is 2.20. The second-order valence-corrected chi connectivity index (χ2v) is 11.0. The van der Waals surface area contributed by atoms with E-state index >= 15 is 0 Å². The fourth-order valence-corrected chi connectivity index (χ4v) is 9.42. The highest BCUT2D eigenvalue weighted by atomic mass is 33.1. The molecule has 1 aliphatic heterocycles. The Morgan fingerprint density at radius 3 is 2.31 bits per heavy atom. The normalized spacial score (nSPS) is 21.2. The number of hydrogen-bond acceptors (Lipinski definition) is 3. The van der Waals surface area contributed by atoms with Crippen molar-refractivity contribution in [2.45, 2.75) is 6.42 Å². The predicted octanol–water partition coefficient (Wildman–Crippen LogP) is 3.38. The van der Waals surface area contributed by atoms with Crippen molar-refractivity contribution >= 4 is 33.6 Å². The van der Waals surface area contributed by atoms with E-state index < -0.39 is 5.55 Å². The van der Waals surface area contributed by atoms with Crippen molar-refractivity contribution in [1.29, 1.82) is 0 Å². The maximum atomic E-state index is 12.4. The third-order valence-corrected chi connectivity index (χ3v) is 10.7. The summed E-state index contributed by atoms with van der Waals surface area (Å²) >= 11 is 3.27. The smallest absolute Gasteiger partial charge is 0.219 e. The Kier molecular flexibility index (Phi) is 3.07. The van der Waals surface area contributed by atoms with Crippen LogP contribution in [0.1, 0.15) is 6.42 Å². The van der Waals surface area contributed by atoms with Gasteiger partial charge >= 0.3 is 0 Å². The maximum Gasteiger partial charge on any atom is 0.219 e. The SMILES string of the molecule is O=P1(c2ccccc2)SCCCS1. The van der Waals surface area contributed by atoms with E-state index in [2.05, 4.69) is 0 Å². The standard InChI is InChI=1S/C9H11OPS2/c10-11(12-7-4-8-13-11)9-5-2-1-3-6-9/h1-3,5-6H,4,7-8H2. The predicted molar refractivity (Wildman–Crippen MR) is 63.2 cm³/mol. The van der Waals surface area contributed by atoms with Crippen molar-refractivity contribution < 1.29 is 4.57 Å². The third kappa shape index (κ3) is 2.15. The van der Waals surface area contributed by atoms with Crippen molar-refractivity contribution in [2.75, 3.05) is 11.5 Å². The molecule has 0 amide bonds. The molecule has 1 aliphatic rings. The molecule has 0 saturated carbocycles. The van der Waals surface area contributed by atoms with Crippen LogP contribution in [0.4, 0.5) is 0 Å². The van der Waals surface area contributed by atoms with Crippen LogP contribution in [0.15, 0.2) is 30.3 Å². The largest absolute Gasteiger partial charge is 0.295 e. The summed E-state index contributed by atoms with van der Waals surface area (Å²) in [5, 5.41) is 1.02. The first-order valence-electron chi connectivity index (χ1n) is 4.26. The van der Waals surface area contributed by atoms with E-state index in [-0.39, 0.29) is 0 Å². The summed E-state index contributed by atoms with van der Waals surface area (Å²) in [7, 11) is 0. The van der Waals surface area contributed by atoms with E-state index in [1.807, 2.05) is 30.3 Å². The minimum absolute atomic E-state index is 1.02. The molecule has 1 aromatic rings. The topological polar surface area (TPSA) is 17.1 Å². The Hall–Kier alpha value is 0.150. The summed E-state index contributed by atoms with van der Waals surface area (Å²) in [4.78, 5) is 0. The molecule has 0 aliphatic carbocycles. The highest BCUT2D eigenvalue weighted by Gasteiger charge is 2.28. The molecule has 1 fully saturated rings. The molecule has 1 heterocycles. The van der Waals surface area contributed by atoms with Crippen LogP contribution in [0.25, 0.3) is 0 Å². The van der Waals surface area contributed by atoms with Gasteiger partial charge < -0.3 is 0 Å². The van der Waals surface area contributed by atoms with E-state index in [0.29, 0.717) is 0 Å². The lowest BCUT2D eigenvalue weighted by Crippen LogP contribution is -2.03. The third-order valence-electron chi connectivity index (χ3n) is 1.88. The van der Waals surface area contributed by atoms with Gasteiger partial charge in [0.15, 0.2) is 0 Å². The van der Waals surface area contributed by atoms with Crippen LogP contribution in [0, 0.1) is 0 Å². The van der Waals surface area contributed by atoms with E-state index in [0.717, 1.165) is 16.8 Å². The monoisotopic (exact) mass is 230 g/mol. The molecule has 0 radical (unpaired) electrons. The van der Waals surface area contributed by atoms with Crippen LogP contribution in [-0.2, 0) is 4.57 Å². The molecule has 70 valence electrons. The first-order valence-corrected chi connectivity index (χ1v) is 9.15. The first-order chi connectivity index (χ1) is 6.31. The molecular weight excluding hydrogens is 219 g/mol. The van der Waals surface area contributed by atoms with Gasteiger partial charge in [-0.2, -0.15) is 0 Å². The zero-order valence-electron chi connectivity index (χ0n) is 7.18. The molecule has 13 heavy (non-hydrogen) atoms. The van der Waals surface area contributed by atoms with Crippen LogP contribution in [0.3, 0.4) is 0 Å². The Labute approximate surface area is 86.6 Å². The lowest BCUT2D eigenvalue weighted by Gasteiger charge is -2.21. The summed E-state index contributed by atoms with van der Waals surface area (Å²) in [5.74, 6) is 2.08. The molecule has 0 N–H and O–H groups in total. The van der Waals surface area contributed by atoms with Gasteiger partial charge in [-0.1, -0.05) is 41.0 Å². The van der Waals surface area contributed by atoms with Crippen molar-refractivity contribution in [3.63, 3.8) is 0 Å². The summed E-state index contributed by atoms with van der Waals surface area (Å²) in [6.45, 7) is 0. The van der Waals surface area contributed by atoms with Crippen molar-refractivity contribution in [3.05, 3.63) is 30.3 Å². The van der Waals surface area contributed by atoms with Gasteiger partial charge in [0.25, 0.3) is 0 Å². The molecule has 0 bridgehead atoms. The van der Waals surface area contributed by atoms with Gasteiger partial charge in [-0.15, -0.1) is 0 Å². The van der Waals surface area contributed by atoms with Crippen LogP contribution in [0.5, 0.6) is 0 Å². The molecule has 0 unspecified atom stereocenters. The lowest BCUT2D eigenvalue weighted by molar-refractivity contribution is 0.598. The van der Waals surface area contributed by atoms with Gasteiger partial charge in [0.1, 0.15) is 0 Å². The molecule has 0 spiro atoms. The molecular formula is C9H11OPS2. The summed E-state index contributed by atoms with van der Waals surface area (Å²) in [6.07, 6.45) is 1.19. The molecule has 0 atom stereocenters. The molecule has 2 rings (SSSR count). The lowest BCUT2D eigenvalue weighted by atomic mass is 10.4. The number of rotatable bonds is 1. The summed E-state index contributed by atoms with van der Waals surface area (Å²) in [5.41, 5.74) is -2.13. The maximum absolute atomic E-state index is 12.4. The fourth-order valence-electron chi connectivity index (χ4n) is 1.23. The second-order valence-electron chi connectivity index (χ2n) is 2.85. The van der Waals surface area contributed by atoms with Crippen LogP contribution < -0.4 is 5.30 Å². The Morgan fingerprint density at radius 2 is 1.69 bits per heavy atom. The zero-order valence-corrected chi connectivity index (χ0v) is 9.71. The van der Waals surface area contributed by atoms with Gasteiger partial charge in [-0.3, -0.25) is 4.57 Å². The quantitative estimate of drug-likeness (QED) is 0.688. The van der Waals surface area contributed by atoms with E-state index in [1.165, 1.54) is 6.42 Å².